The highest BCUT2D eigenvalue weighted by Crippen LogP contribution is 2.19. The molecule has 14 heavy (non-hydrogen) atoms. The van der Waals surface area contributed by atoms with Gasteiger partial charge in [-0.3, -0.25) is 0 Å². The molecular weight excluding hydrogens is 180 g/mol. The number of nitrogens with one attached hydrogen (secondary N) is 1. The molecule has 0 aliphatic heterocycles. The number of rotatable bonds is 1. The highest BCUT2D eigenvalue weighted by Gasteiger charge is 2.10. The molecule has 2 rings (SSSR count). The maximum absolute atomic E-state index is 10.9. The zero-order chi connectivity index (χ0) is 10.1. The third kappa shape index (κ3) is 1.12. The summed E-state index contributed by atoms with van der Waals surface area (Å²) in [6.07, 6.45) is 1.65. The molecule has 0 aliphatic rings. The molecule has 0 saturated carbocycles. The van der Waals surface area contributed by atoms with Crippen LogP contribution in [-0.4, -0.2) is 16.1 Å². The minimum absolute atomic E-state index is 0.129. The standard InChI is InChI=1S/C10H6N2O2/c11-5-6-3-7-1-2-12-9(7)8(4-6)10(13)14/h1-4,12H,(H,13,14). The fourth-order valence-corrected chi connectivity index (χ4v) is 1.41. The van der Waals surface area contributed by atoms with Crippen molar-refractivity contribution in [1.29, 1.82) is 5.26 Å². The van der Waals surface area contributed by atoms with Crippen LogP contribution < -0.4 is 0 Å². The maximum atomic E-state index is 10.9. The van der Waals surface area contributed by atoms with Crippen molar-refractivity contribution in [3.8, 4) is 6.07 Å². The molecule has 0 radical (unpaired) electrons. The normalized spacial score (nSPS) is 9.93. The smallest absolute Gasteiger partial charge is 0.337 e. The number of carbonyl (C=O) groups is 1. The minimum atomic E-state index is -1.03. The van der Waals surface area contributed by atoms with Crippen molar-refractivity contribution in [3.63, 3.8) is 0 Å². The van der Waals surface area contributed by atoms with Crippen LogP contribution in [0.25, 0.3) is 10.9 Å². The number of benzene rings is 1. The number of aromatic nitrogens is 1. The van der Waals surface area contributed by atoms with E-state index in [1.54, 1.807) is 18.3 Å². The zero-order valence-electron chi connectivity index (χ0n) is 7.11. The van der Waals surface area contributed by atoms with Crippen molar-refractivity contribution in [2.75, 3.05) is 0 Å². The van der Waals surface area contributed by atoms with Gasteiger partial charge in [-0.1, -0.05) is 0 Å². The monoisotopic (exact) mass is 186 g/mol. The molecule has 4 nitrogen and oxygen atoms in total. The number of nitrogens with zero attached hydrogens (tertiary/aromatic N) is 1. The van der Waals surface area contributed by atoms with Gasteiger partial charge in [0.1, 0.15) is 0 Å². The molecule has 68 valence electrons. The van der Waals surface area contributed by atoms with E-state index in [-0.39, 0.29) is 5.56 Å². The summed E-state index contributed by atoms with van der Waals surface area (Å²) in [6.45, 7) is 0. The number of carboxylic acids is 1. The van der Waals surface area contributed by atoms with Gasteiger partial charge in [0.2, 0.25) is 0 Å². The number of aromatic carboxylic acids is 1. The molecule has 0 aliphatic carbocycles. The average Bonchev–Trinajstić information content (AvgIpc) is 2.63. The van der Waals surface area contributed by atoms with Gasteiger partial charge in [0.15, 0.2) is 0 Å². The number of H-pyrrole nitrogens is 1. The Labute approximate surface area is 79.4 Å². The highest BCUT2D eigenvalue weighted by atomic mass is 16.4. The lowest BCUT2D eigenvalue weighted by Crippen LogP contribution is -1.98. The Bertz CT molecular complexity index is 549. The second-order valence-corrected chi connectivity index (χ2v) is 2.88. The zero-order valence-corrected chi connectivity index (χ0v) is 7.11. The van der Waals surface area contributed by atoms with Crippen LogP contribution in [0.5, 0.6) is 0 Å². The Morgan fingerprint density at radius 3 is 2.93 bits per heavy atom. The first-order valence-corrected chi connectivity index (χ1v) is 3.97. The lowest BCUT2D eigenvalue weighted by molar-refractivity contribution is 0.0699. The predicted molar refractivity (Wildman–Crippen MR) is 50.0 cm³/mol. The molecule has 1 heterocycles. The van der Waals surface area contributed by atoms with Crippen LogP contribution >= 0.6 is 0 Å². The van der Waals surface area contributed by atoms with E-state index in [2.05, 4.69) is 4.98 Å². The first-order valence-electron chi connectivity index (χ1n) is 3.97. The van der Waals surface area contributed by atoms with Gasteiger partial charge < -0.3 is 10.1 Å². The second kappa shape index (κ2) is 2.89. The molecule has 0 amide bonds. The predicted octanol–water partition coefficient (Wildman–Crippen LogP) is 1.74. The summed E-state index contributed by atoms with van der Waals surface area (Å²) in [5.74, 6) is -1.03. The minimum Gasteiger partial charge on any atom is -0.478 e. The first kappa shape index (κ1) is 8.32. The van der Waals surface area contributed by atoms with E-state index >= 15 is 0 Å². The largest absolute Gasteiger partial charge is 0.478 e. The van der Waals surface area contributed by atoms with Crippen molar-refractivity contribution in [2.24, 2.45) is 0 Å². The number of carboxylic acid groups (broad SMARTS) is 1. The Hall–Kier alpha value is -2.28. The quantitative estimate of drug-likeness (QED) is 0.712. The Balaban J connectivity index is 2.85. The summed E-state index contributed by atoms with van der Waals surface area (Å²) in [7, 11) is 0. The number of aromatic amines is 1. The Morgan fingerprint density at radius 2 is 2.29 bits per heavy atom. The Kier molecular flexibility index (Phi) is 1.72. The van der Waals surface area contributed by atoms with Gasteiger partial charge in [0.25, 0.3) is 0 Å². The van der Waals surface area contributed by atoms with Crippen LogP contribution in [0.2, 0.25) is 0 Å². The SMILES string of the molecule is N#Cc1cc(C(=O)O)c2[nH]ccc2c1. The van der Waals surface area contributed by atoms with Gasteiger partial charge in [-0.05, 0) is 18.2 Å². The van der Waals surface area contributed by atoms with E-state index in [0.717, 1.165) is 5.39 Å². The van der Waals surface area contributed by atoms with E-state index in [1.165, 1.54) is 6.07 Å². The maximum Gasteiger partial charge on any atom is 0.337 e. The van der Waals surface area contributed by atoms with Crippen molar-refractivity contribution >= 4 is 16.9 Å². The van der Waals surface area contributed by atoms with Crippen LogP contribution in [0.3, 0.4) is 0 Å². The van der Waals surface area contributed by atoms with Crippen molar-refractivity contribution in [1.82, 2.24) is 4.98 Å². The van der Waals surface area contributed by atoms with Crippen LogP contribution in [0.15, 0.2) is 24.4 Å². The lowest BCUT2D eigenvalue weighted by atomic mass is 10.1. The summed E-state index contributed by atoms with van der Waals surface area (Å²) in [5.41, 5.74) is 1.04. The number of fused-ring (bicyclic) bond motifs is 1. The van der Waals surface area contributed by atoms with Gasteiger partial charge in [0, 0.05) is 11.6 Å². The highest BCUT2D eigenvalue weighted by molar-refractivity contribution is 6.02. The number of nitriles is 1. The van der Waals surface area contributed by atoms with E-state index in [9.17, 15) is 4.79 Å². The van der Waals surface area contributed by atoms with Crippen molar-refractivity contribution in [3.05, 3.63) is 35.5 Å². The summed E-state index contributed by atoms with van der Waals surface area (Å²) in [6, 6.07) is 6.68. The van der Waals surface area contributed by atoms with Crippen molar-refractivity contribution < 1.29 is 9.90 Å². The summed E-state index contributed by atoms with van der Waals surface area (Å²) >= 11 is 0. The lowest BCUT2D eigenvalue weighted by Gasteiger charge is -1.98. The van der Waals surface area contributed by atoms with Gasteiger partial charge >= 0.3 is 5.97 Å². The Morgan fingerprint density at radius 1 is 1.50 bits per heavy atom. The number of hydrogen-bond acceptors (Lipinski definition) is 2. The van der Waals surface area contributed by atoms with E-state index in [4.69, 9.17) is 10.4 Å². The molecule has 0 fully saturated rings. The fraction of sp³-hybridized carbons (Fsp3) is 0. The second-order valence-electron chi connectivity index (χ2n) is 2.88. The van der Waals surface area contributed by atoms with Crippen LogP contribution in [-0.2, 0) is 0 Å². The molecule has 1 aromatic carbocycles. The molecule has 0 saturated heterocycles. The molecule has 0 unspecified atom stereocenters. The van der Waals surface area contributed by atoms with Gasteiger partial charge in [-0.15, -0.1) is 0 Å². The molecule has 0 spiro atoms. The fourth-order valence-electron chi connectivity index (χ4n) is 1.41. The molecule has 0 bridgehead atoms. The van der Waals surface area contributed by atoms with Gasteiger partial charge in [0.05, 0.1) is 22.7 Å². The van der Waals surface area contributed by atoms with Crippen molar-refractivity contribution in [2.45, 2.75) is 0 Å². The van der Waals surface area contributed by atoms with Gasteiger partial charge in [-0.25, -0.2) is 4.79 Å². The van der Waals surface area contributed by atoms with E-state index in [1.807, 2.05) is 6.07 Å². The topological polar surface area (TPSA) is 76.9 Å². The molecule has 2 aromatic rings. The van der Waals surface area contributed by atoms with Crippen LogP contribution in [0.4, 0.5) is 0 Å². The third-order valence-corrected chi connectivity index (χ3v) is 2.02. The van der Waals surface area contributed by atoms with E-state index < -0.39 is 5.97 Å². The van der Waals surface area contributed by atoms with Crippen LogP contribution in [0, 0.1) is 11.3 Å². The number of hydrogen-bond donors (Lipinski definition) is 2. The first-order chi connectivity index (χ1) is 6.72. The summed E-state index contributed by atoms with van der Waals surface area (Å²) in [5, 5.41) is 18.3. The molecule has 0 atom stereocenters. The molecule has 4 heteroatoms. The average molecular weight is 186 g/mol. The summed E-state index contributed by atoms with van der Waals surface area (Å²) < 4.78 is 0. The molecule has 1 aromatic heterocycles. The van der Waals surface area contributed by atoms with Crippen LogP contribution in [0.1, 0.15) is 15.9 Å². The van der Waals surface area contributed by atoms with Gasteiger partial charge in [-0.2, -0.15) is 5.26 Å². The molecule has 2 N–H and O–H groups in total. The van der Waals surface area contributed by atoms with E-state index in [0.29, 0.717) is 11.1 Å². The molecular formula is C10H6N2O2. The third-order valence-electron chi connectivity index (χ3n) is 2.02. The summed E-state index contributed by atoms with van der Waals surface area (Å²) in [4.78, 5) is 13.7.